The Morgan fingerprint density at radius 3 is 2.67 bits per heavy atom. The van der Waals surface area contributed by atoms with Crippen molar-refractivity contribution in [2.24, 2.45) is 11.3 Å². The maximum Gasteiger partial charge on any atom is 0.237 e. The van der Waals surface area contributed by atoms with Crippen LogP contribution in [-0.4, -0.2) is 24.5 Å². The van der Waals surface area contributed by atoms with Gasteiger partial charge in [0.1, 0.15) is 0 Å². The highest BCUT2D eigenvalue weighted by Crippen LogP contribution is 2.44. The monoisotopic (exact) mass is 210 g/mol. The van der Waals surface area contributed by atoms with E-state index in [1.807, 2.05) is 0 Å². The molecular formula is C12H22N2O. The van der Waals surface area contributed by atoms with Gasteiger partial charge in [-0.2, -0.15) is 0 Å². The van der Waals surface area contributed by atoms with Crippen molar-refractivity contribution in [3.63, 3.8) is 0 Å². The summed E-state index contributed by atoms with van der Waals surface area (Å²) in [6, 6.07) is 0.453. The number of carbonyl (C=O) groups excluding carboxylic acids is 1. The molecule has 0 aromatic carbocycles. The van der Waals surface area contributed by atoms with Gasteiger partial charge in [-0.3, -0.25) is 4.79 Å². The summed E-state index contributed by atoms with van der Waals surface area (Å²) in [6.07, 6.45) is 3.30. The Kier molecular flexibility index (Phi) is 2.75. The minimum absolute atomic E-state index is 0.0464. The highest BCUT2D eigenvalue weighted by molar-refractivity contribution is 5.82. The number of hydrogen-bond donors (Lipinski definition) is 2. The standard InChI is InChI=1S/C12H22N2O/c1-8-4-5-13-9(6-8)11(15)14-10-7-12(10,2)3/h8-10,13H,4-7H2,1-3H3,(H,14,15). The van der Waals surface area contributed by atoms with E-state index in [4.69, 9.17) is 0 Å². The van der Waals surface area contributed by atoms with E-state index in [9.17, 15) is 4.79 Å². The lowest BCUT2D eigenvalue weighted by molar-refractivity contribution is -0.124. The topological polar surface area (TPSA) is 41.1 Å². The van der Waals surface area contributed by atoms with Crippen molar-refractivity contribution < 1.29 is 4.79 Å². The molecule has 1 amide bonds. The summed E-state index contributed by atoms with van der Waals surface area (Å²) >= 11 is 0. The molecule has 2 N–H and O–H groups in total. The van der Waals surface area contributed by atoms with Gasteiger partial charge in [0.25, 0.3) is 0 Å². The Balaban J connectivity index is 1.81. The van der Waals surface area contributed by atoms with E-state index < -0.39 is 0 Å². The number of hydrogen-bond acceptors (Lipinski definition) is 2. The Morgan fingerprint density at radius 2 is 2.13 bits per heavy atom. The largest absolute Gasteiger partial charge is 0.351 e. The predicted octanol–water partition coefficient (Wildman–Crippen LogP) is 1.29. The number of amides is 1. The van der Waals surface area contributed by atoms with Crippen molar-refractivity contribution in [2.75, 3.05) is 6.54 Å². The molecule has 3 heteroatoms. The van der Waals surface area contributed by atoms with Gasteiger partial charge in [0.15, 0.2) is 0 Å². The van der Waals surface area contributed by atoms with Gasteiger partial charge in [-0.25, -0.2) is 0 Å². The molecule has 15 heavy (non-hydrogen) atoms. The number of carbonyl (C=O) groups is 1. The van der Waals surface area contributed by atoms with Crippen molar-refractivity contribution in [1.82, 2.24) is 10.6 Å². The van der Waals surface area contributed by atoms with Gasteiger partial charge in [-0.15, -0.1) is 0 Å². The van der Waals surface area contributed by atoms with E-state index in [1.165, 1.54) is 6.42 Å². The van der Waals surface area contributed by atoms with Crippen LogP contribution in [-0.2, 0) is 4.79 Å². The number of nitrogens with one attached hydrogen (secondary N) is 2. The van der Waals surface area contributed by atoms with Crippen LogP contribution in [0, 0.1) is 11.3 Å². The number of rotatable bonds is 2. The first-order valence-electron chi connectivity index (χ1n) is 6.03. The first-order chi connectivity index (χ1) is 6.99. The fourth-order valence-electron chi connectivity index (χ4n) is 2.29. The lowest BCUT2D eigenvalue weighted by atomic mass is 9.94. The summed E-state index contributed by atoms with van der Waals surface area (Å²) in [5.41, 5.74) is 0.329. The Labute approximate surface area is 92.0 Å². The van der Waals surface area contributed by atoms with Crippen LogP contribution in [0.2, 0.25) is 0 Å². The fraction of sp³-hybridized carbons (Fsp3) is 0.917. The minimum atomic E-state index is 0.0464. The molecule has 0 aromatic heterocycles. The second-order valence-electron chi connectivity index (χ2n) is 5.89. The van der Waals surface area contributed by atoms with E-state index in [0.717, 1.165) is 19.4 Å². The predicted molar refractivity (Wildman–Crippen MR) is 60.5 cm³/mol. The number of piperidine rings is 1. The van der Waals surface area contributed by atoms with E-state index >= 15 is 0 Å². The van der Waals surface area contributed by atoms with Gasteiger partial charge >= 0.3 is 0 Å². The molecule has 3 nitrogen and oxygen atoms in total. The normalized spacial score (nSPS) is 38.5. The van der Waals surface area contributed by atoms with E-state index in [1.54, 1.807) is 0 Å². The molecule has 0 aromatic rings. The summed E-state index contributed by atoms with van der Waals surface area (Å²) in [6.45, 7) is 7.61. The molecule has 1 saturated heterocycles. The van der Waals surface area contributed by atoms with Gasteiger partial charge in [-0.1, -0.05) is 20.8 Å². The zero-order valence-electron chi connectivity index (χ0n) is 9.97. The summed E-state index contributed by atoms with van der Waals surface area (Å²) in [4.78, 5) is 11.9. The molecular weight excluding hydrogens is 188 g/mol. The molecule has 1 saturated carbocycles. The summed E-state index contributed by atoms with van der Waals surface area (Å²) in [7, 11) is 0. The lowest BCUT2D eigenvalue weighted by Crippen LogP contribution is -2.49. The maximum absolute atomic E-state index is 11.9. The molecule has 2 rings (SSSR count). The molecule has 3 unspecified atom stereocenters. The van der Waals surface area contributed by atoms with Crippen LogP contribution in [0.5, 0.6) is 0 Å². The fourth-order valence-corrected chi connectivity index (χ4v) is 2.29. The summed E-state index contributed by atoms with van der Waals surface area (Å²) in [5, 5.41) is 6.43. The van der Waals surface area contributed by atoms with Gasteiger partial charge in [0.2, 0.25) is 5.91 Å². The molecule has 1 aliphatic heterocycles. The molecule has 3 atom stereocenters. The third-order valence-electron chi connectivity index (χ3n) is 3.81. The van der Waals surface area contributed by atoms with Gasteiger partial charge in [0, 0.05) is 6.04 Å². The second-order valence-corrected chi connectivity index (χ2v) is 5.89. The van der Waals surface area contributed by atoms with Crippen molar-refractivity contribution >= 4 is 5.91 Å². The van der Waals surface area contributed by atoms with Crippen molar-refractivity contribution in [3.8, 4) is 0 Å². The molecule has 1 heterocycles. The van der Waals surface area contributed by atoms with Crippen molar-refractivity contribution in [2.45, 2.75) is 52.1 Å². The van der Waals surface area contributed by atoms with Crippen molar-refractivity contribution in [3.05, 3.63) is 0 Å². The molecule has 2 fully saturated rings. The van der Waals surface area contributed by atoms with Gasteiger partial charge < -0.3 is 10.6 Å². The second kappa shape index (κ2) is 3.78. The molecule has 0 spiro atoms. The molecule has 1 aliphatic carbocycles. The summed E-state index contributed by atoms with van der Waals surface area (Å²) in [5.74, 6) is 0.881. The van der Waals surface area contributed by atoms with Gasteiger partial charge in [-0.05, 0) is 37.1 Å². The molecule has 0 radical (unpaired) electrons. The Bertz CT molecular complexity index is 262. The van der Waals surface area contributed by atoms with Crippen LogP contribution < -0.4 is 10.6 Å². The third-order valence-corrected chi connectivity index (χ3v) is 3.81. The first kappa shape index (κ1) is 10.9. The highest BCUT2D eigenvalue weighted by atomic mass is 16.2. The lowest BCUT2D eigenvalue weighted by Gasteiger charge is -2.27. The average molecular weight is 210 g/mol. The zero-order valence-corrected chi connectivity index (χ0v) is 9.97. The first-order valence-corrected chi connectivity index (χ1v) is 6.03. The molecule has 2 aliphatic rings. The molecule has 86 valence electrons. The Morgan fingerprint density at radius 1 is 1.47 bits per heavy atom. The van der Waals surface area contributed by atoms with Gasteiger partial charge in [0.05, 0.1) is 6.04 Å². The van der Waals surface area contributed by atoms with E-state index in [-0.39, 0.29) is 11.9 Å². The SMILES string of the molecule is CC1CCNC(C(=O)NC2CC2(C)C)C1. The quantitative estimate of drug-likeness (QED) is 0.721. The van der Waals surface area contributed by atoms with Crippen LogP contribution >= 0.6 is 0 Å². The minimum Gasteiger partial charge on any atom is -0.351 e. The zero-order chi connectivity index (χ0) is 11.1. The van der Waals surface area contributed by atoms with Crippen LogP contribution in [0.25, 0.3) is 0 Å². The highest BCUT2D eigenvalue weighted by Gasteiger charge is 2.47. The average Bonchev–Trinajstić information content (AvgIpc) is 2.73. The molecule has 0 bridgehead atoms. The van der Waals surface area contributed by atoms with Crippen LogP contribution in [0.1, 0.15) is 40.0 Å². The Hall–Kier alpha value is -0.570. The van der Waals surface area contributed by atoms with Crippen LogP contribution in [0.4, 0.5) is 0 Å². The smallest absolute Gasteiger partial charge is 0.237 e. The third kappa shape index (κ3) is 2.51. The maximum atomic E-state index is 11.9. The summed E-state index contributed by atoms with van der Waals surface area (Å²) < 4.78 is 0. The van der Waals surface area contributed by atoms with Crippen LogP contribution in [0.15, 0.2) is 0 Å². The van der Waals surface area contributed by atoms with Crippen molar-refractivity contribution in [1.29, 1.82) is 0 Å². The van der Waals surface area contributed by atoms with E-state index in [0.29, 0.717) is 17.4 Å². The van der Waals surface area contributed by atoms with E-state index in [2.05, 4.69) is 31.4 Å². The van der Waals surface area contributed by atoms with Crippen LogP contribution in [0.3, 0.4) is 0 Å².